The van der Waals surface area contributed by atoms with Crippen LogP contribution in [0.15, 0.2) is 0 Å². The SMILES string of the molecule is O=COC(=O)CC(=O)O.[H-].[K+]. The number of hydrogen-bond acceptors (Lipinski definition) is 4. The van der Waals surface area contributed by atoms with Crippen molar-refractivity contribution >= 4 is 18.4 Å². The van der Waals surface area contributed by atoms with Gasteiger partial charge in [0, 0.05) is 0 Å². The second-order valence-electron chi connectivity index (χ2n) is 1.16. The van der Waals surface area contributed by atoms with Gasteiger partial charge in [0.2, 0.25) is 0 Å². The van der Waals surface area contributed by atoms with Crippen molar-refractivity contribution in [3.63, 3.8) is 0 Å². The molecule has 0 radical (unpaired) electrons. The van der Waals surface area contributed by atoms with Crippen LogP contribution in [0.4, 0.5) is 0 Å². The molecule has 0 aromatic carbocycles. The summed E-state index contributed by atoms with van der Waals surface area (Å²) in [4.78, 5) is 29.0. The monoisotopic (exact) mass is 172 g/mol. The van der Waals surface area contributed by atoms with Gasteiger partial charge in [-0.15, -0.1) is 0 Å². The second-order valence-corrected chi connectivity index (χ2v) is 1.16. The van der Waals surface area contributed by atoms with Crippen molar-refractivity contribution in [3.8, 4) is 0 Å². The number of carbonyl (C=O) groups is 3. The molecule has 0 aromatic heterocycles. The van der Waals surface area contributed by atoms with Crippen molar-refractivity contribution in [2.45, 2.75) is 6.42 Å². The van der Waals surface area contributed by atoms with Crippen LogP contribution in [0.3, 0.4) is 0 Å². The Kier molecular flexibility index (Phi) is 9.47. The molecular weight excluding hydrogens is 167 g/mol. The van der Waals surface area contributed by atoms with Crippen LogP contribution in [0.1, 0.15) is 7.85 Å². The molecule has 0 unspecified atom stereocenters. The first-order chi connectivity index (χ1) is 4.16. The maximum Gasteiger partial charge on any atom is 1.00 e. The van der Waals surface area contributed by atoms with E-state index >= 15 is 0 Å². The standard InChI is InChI=1S/C4H4O5.K.H/c5-2-9-4(8)1-3(6)7;;/h2H,1H2,(H,6,7);;/q;+1;-1. The van der Waals surface area contributed by atoms with E-state index in [0.717, 1.165) is 0 Å². The van der Waals surface area contributed by atoms with Crippen molar-refractivity contribution in [3.05, 3.63) is 0 Å². The third kappa shape index (κ3) is 8.25. The number of carboxylic acid groups (broad SMARTS) is 1. The largest absolute Gasteiger partial charge is 1.00 e. The van der Waals surface area contributed by atoms with Crippen LogP contribution in [0.5, 0.6) is 0 Å². The van der Waals surface area contributed by atoms with E-state index in [1.165, 1.54) is 0 Å². The van der Waals surface area contributed by atoms with Gasteiger partial charge in [0.25, 0.3) is 0 Å². The van der Waals surface area contributed by atoms with Crippen LogP contribution < -0.4 is 51.4 Å². The molecule has 0 aliphatic rings. The fraction of sp³-hybridized carbons (Fsp3) is 0.250. The van der Waals surface area contributed by atoms with Gasteiger partial charge in [-0.25, -0.2) is 0 Å². The smallest absolute Gasteiger partial charge is 1.00 e. The normalized spacial score (nSPS) is 7.20. The van der Waals surface area contributed by atoms with Crippen molar-refractivity contribution in [2.24, 2.45) is 0 Å². The molecule has 0 amide bonds. The summed E-state index contributed by atoms with van der Waals surface area (Å²) in [6, 6.07) is 0. The summed E-state index contributed by atoms with van der Waals surface area (Å²) >= 11 is 0. The zero-order chi connectivity index (χ0) is 7.28. The van der Waals surface area contributed by atoms with Crippen LogP contribution in [-0.4, -0.2) is 23.5 Å². The van der Waals surface area contributed by atoms with Gasteiger partial charge in [-0.05, 0) is 0 Å². The Bertz CT molecular complexity index is 147. The predicted octanol–water partition coefficient (Wildman–Crippen LogP) is -3.72. The molecule has 0 spiro atoms. The minimum absolute atomic E-state index is 0. The quantitative estimate of drug-likeness (QED) is 0.205. The van der Waals surface area contributed by atoms with Gasteiger partial charge in [-0.3, -0.25) is 14.4 Å². The van der Waals surface area contributed by atoms with Gasteiger partial charge in [-0.1, -0.05) is 0 Å². The van der Waals surface area contributed by atoms with E-state index in [4.69, 9.17) is 5.11 Å². The van der Waals surface area contributed by atoms with E-state index in [1.54, 1.807) is 0 Å². The van der Waals surface area contributed by atoms with Crippen molar-refractivity contribution in [1.29, 1.82) is 0 Å². The average molecular weight is 172 g/mol. The number of rotatable bonds is 3. The molecule has 0 bridgehead atoms. The second kappa shape index (κ2) is 7.35. The van der Waals surface area contributed by atoms with E-state index < -0.39 is 18.4 Å². The fourth-order valence-electron chi connectivity index (χ4n) is 0.219. The van der Waals surface area contributed by atoms with Crippen LogP contribution in [-0.2, 0) is 19.1 Å². The molecule has 0 saturated heterocycles. The third-order valence-electron chi connectivity index (χ3n) is 0.475. The molecule has 10 heavy (non-hydrogen) atoms. The first-order valence-electron chi connectivity index (χ1n) is 2.01. The van der Waals surface area contributed by atoms with Gasteiger partial charge in [-0.2, -0.15) is 0 Å². The maximum absolute atomic E-state index is 10.0. The summed E-state index contributed by atoms with van der Waals surface area (Å²) in [5, 5.41) is 7.89. The number of carboxylic acids is 1. The van der Waals surface area contributed by atoms with Crippen molar-refractivity contribution in [1.82, 2.24) is 0 Å². The molecule has 0 saturated carbocycles. The average Bonchev–Trinajstić information content (AvgIpc) is 1.63. The molecule has 6 heteroatoms. The molecule has 0 aromatic rings. The fourth-order valence-corrected chi connectivity index (χ4v) is 0.219. The molecule has 1 N–H and O–H groups in total. The Hall–Kier alpha value is 0.246. The summed E-state index contributed by atoms with van der Waals surface area (Å²) in [5.74, 6) is -2.38. The van der Waals surface area contributed by atoms with E-state index in [9.17, 15) is 14.4 Å². The molecule has 0 rings (SSSR count). The van der Waals surface area contributed by atoms with E-state index in [1.807, 2.05) is 0 Å². The maximum atomic E-state index is 10.0. The van der Waals surface area contributed by atoms with Gasteiger partial charge in [0.05, 0.1) is 0 Å². The Balaban J connectivity index is -0.000000320. The summed E-state index contributed by atoms with van der Waals surface area (Å²) < 4.78 is 3.65. The Morgan fingerprint density at radius 3 is 2.40 bits per heavy atom. The van der Waals surface area contributed by atoms with Gasteiger partial charge in [0.15, 0.2) is 0 Å². The van der Waals surface area contributed by atoms with Crippen LogP contribution >= 0.6 is 0 Å². The molecule has 0 aliphatic carbocycles. The number of hydrogen-bond donors (Lipinski definition) is 1. The number of aliphatic carboxylic acids is 1. The number of esters is 1. The van der Waals surface area contributed by atoms with E-state index in [0.29, 0.717) is 0 Å². The van der Waals surface area contributed by atoms with Gasteiger partial charge < -0.3 is 11.3 Å². The predicted molar refractivity (Wildman–Crippen MR) is 25.5 cm³/mol. The Morgan fingerprint density at radius 1 is 1.60 bits per heavy atom. The number of carbonyl (C=O) groups excluding carboxylic acids is 2. The third-order valence-corrected chi connectivity index (χ3v) is 0.475. The van der Waals surface area contributed by atoms with Gasteiger partial charge in [0.1, 0.15) is 6.42 Å². The Morgan fingerprint density at radius 2 is 2.10 bits per heavy atom. The van der Waals surface area contributed by atoms with Crippen LogP contribution in [0, 0.1) is 0 Å². The molecule has 0 heterocycles. The molecule has 0 aliphatic heterocycles. The number of ether oxygens (including phenoxy) is 1. The molecule has 0 fully saturated rings. The molecule has 5 nitrogen and oxygen atoms in total. The minimum atomic E-state index is -1.32. The minimum Gasteiger partial charge on any atom is -1.00 e. The first kappa shape index (κ1) is 12.9. The summed E-state index contributed by atoms with van der Waals surface area (Å²) in [6.07, 6.45) is -0.779. The molecule has 52 valence electrons. The first-order valence-corrected chi connectivity index (χ1v) is 2.01. The topological polar surface area (TPSA) is 80.7 Å². The summed E-state index contributed by atoms with van der Waals surface area (Å²) in [5.41, 5.74) is 0. The van der Waals surface area contributed by atoms with Crippen molar-refractivity contribution < 1.29 is 77.0 Å². The van der Waals surface area contributed by atoms with E-state index in [2.05, 4.69) is 4.74 Å². The Labute approximate surface area is 101 Å². The zero-order valence-corrected chi connectivity index (χ0v) is 8.49. The summed E-state index contributed by atoms with van der Waals surface area (Å²) in [6.45, 7) is -0.106. The molecule has 0 atom stereocenters. The molecular formula is C4H5KO5. The van der Waals surface area contributed by atoms with Gasteiger partial charge >= 0.3 is 69.8 Å². The van der Waals surface area contributed by atoms with Crippen molar-refractivity contribution in [2.75, 3.05) is 0 Å². The summed E-state index contributed by atoms with van der Waals surface area (Å²) in [7, 11) is 0. The zero-order valence-electron chi connectivity index (χ0n) is 6.36. The van der Waals surface area contributed by atoms with E-state index in [-0.39, 0.29) is 59.3 Å². The van der Waals surface area contributed by atoms with Crippen LogP contribution in [0.25, 0.3) is 0 Å². The van der Waals surface area contributed by atoms with Crippen LogP contribution in [0.2, 0.25) is 0 Å².